The minimum absolute atomic E-state index is 0.0480. The Morgan fingerprint density at radius 2 is 1.92 bits per heavy atom. The smallest absolute Gasteiger partial charge is 0.258 e. The van der Waals surface area contributed by atoms with E-state index in [-0.39, 0.29) is 5.91 Å². The Labute approximate surface area is 150 Å². The molecule has 0 radical (unpaired) electrons. The summed E-state index contributed by atoms with van der Waals surface area (Å²) in [7, 11) is 3.18. The summed E-state index contributed by atoms with van der Waals surface area (Å²) in [5.74, 6) is 2.04. The highest BCUT2D eigenvalue weighted by molar-refractivity contribution is 5.97. The molecule has 5 nitrogen and oxygen atoms in total. The van der Waals surface area contributed by atoms with Crippen LogP contribution in [-0.2, 0) is 0 Å². The fourth-order valence-electron chi connectivity index (χ4n) is 4.44. The van der Waals surface area contributed by atoms with Gasteiger partial charge in [-0.05, 0) is 30.9 Å². The number of benzene rings is 1. The van der Waals surface area contributed by atoms with Gasteiger partial charge in [0, 0.05) is 6.42 Å². The zero-order valence-corrected chi connectivity index (χ0v) is 15.7. The minimum atomic E-state index is 0.0480. The van der Waals surface area contributed by atoms with Gasteiger partial charge in [-0.15, -0.1) is 0 Å². The van der Waals surface area contributed by atoms with Gasteiger partial charge in [-0.25, -0.2) is 0 Å². The maximum atomic E-state index is 13.0. The van der Waals surface area contributed by atoms with Gasteiger partial charge < -0.3 is 19.3 Å². The second-order valence-corrected chi connectivity index (χ2v) is 7.46. The number of nitrogens with zero attached hydrogens (tertiary/aromatic N) is 1. The van der Waals surface area contributed by atoms with Crippen molar-refractivity contribution in [3.63, 3.8) is 0 Å². The highest BCUT2D eigenvalue weighted by Crippen LogP contribution is 2.31. The van der Waals surface area contributed by atoms with Gasteiger partial charge in [-0.3, -0.25) is 4.79 Å². The third-order valence-electron chi connectivity index (χ3n) is 5.84. The predicted molar refractivity (Wildman–Crippen MR) is 97.6 cm³/mol. The lowest BCUT2D eigenvalue weighted by molar-refractivity contribution is -0.930. The van der Waals surface area contributed by atoms with Crippen molar-refractivity contribution in [2.45, 2.75) is 38.6 Å². The van der Waals surface area contributed by atoms with Crippen molar-refractivity contribution in [3.8, 4) is 11.5 Å². The number of amides is 1. The average molecular weight is 347 g/mol. The number of carbonyl (C=O) groups excluding carboxylic acids is 1. The van der Waals surface area contributed by atoms with Crippen LogP contribution in [0.3, 0.4) is 0 Å². The Morgan fingerprint density at radius 1 is 1.16 bits per heavy atom. The molecule has 2 aliphatic rings. The molecule has 2 atom stereocenters. The summed E-state index contributed by atoms with van der Waals surface area (Å²) in [6.07, 6.45) is 5.42. The molecule has 1 amide bonds. The van der Waals surface area contributed by atoms with Crippen molar-refractivity contribution in [1.82, 2.24) is 4.90 Å². The first-order chi connectivity index (χ1) is 12.1. The van der Waals surface area contributed by atoms with Crippen LogP contribution in [0.5, 0.6) is 11.5 Å². The molecular weight excluding hydrogens is 316 g/mol. The first kappa shape index (κ1) is 18.1. The van der Waals surface area contributed by atoms with Crippen molar-refractivity contribution in [2.24, 2.45) is 5.92 Å². The quantitative estimate of drug-likeness (QED) is 0.900. The third kappa shape index (κ3) is 3.92. The van der Waals surface area contributed by atoms with Crippen LogP contribution < -0.4 is 14.4 Å². The first-order valence-electron chi connectivity index (χ1n) is 9.49. The summed E-state index contributed by atoms with van der Waals surface area (Å²) >= 11 is 0. The standard InChI is InChI=1S/C20H30N2O3/c1-15-6-4-7-16(14-15)21-10-12-22(13-11-21)20(23)17-8-5-9-18(24-2)19(17)25-3/h5,8-9,15-16H,4,6-7,10-14H2,1-3H3/p+1/t15-,16-/m0/s1. The van der Waals surface area contributed by atoms with E-state index in [1.165, 1.54) is 25.7 Å². The molecule has 0 spiro atoms. The maximum Gasteiger partial charge on any atom is 0.258 e. The number of hydrogen-bond donors (Lipinski definition) is 1. The molecule has 1 heterocycles. The molecule has 1 saturated heterocycles. The first-order valence-corrected chi connectivity index (χ1v) is 9.49. The highest BCUT2D eigenvalue weighted by Gasteiger charge is 2.33. The molecule has 1 aliphatic carbocycles. The van der Waals surface area contributed by atoms with Crippen molar-refractivity contribution in [3.05, 3.63) is 23.8 Å². The molecule has 1 aromatic rings. The third-order valence-corrected chi connectivity index (χ3v) is 5.84. The van der Waals surface area contributed by atoms with E-state index >= 15 is 0 Å². The van der Waals surface area contributed by atoms with E-state index in [1.807, 2.05) is 23.1 Å². The molecule has 2 fully saturated rings. The van der Waals surface area contributed by atoms with E-state index < -0.39 is 0 Å². The Morgan fingerprint density at radius 3 is 2.56 bits per heavy atom. The van der Waals surface area contributed by atoms with Crippen molar-refractivity contribution < 1.29 is 19.2 Å². The number of carbonyl (C=O) groups is 1. The minimum Gasteiger partial charge on any atom is -0.493 e. The monoisotopic (exact) mass is 347 g/mol. The number of nitrogens with one attached hydrogen (secondary N) is 1. The van der Waals surface area contributed by atoms with Crippen LogP contribution in [0.15, 0.2) is 18.2 Å². The van der Waals surface area contributed by atoms with Gasteiger partial charge in [0.25, 0.3) is 5.91 Å². The Kier molecular flexibility index (Phi) is 5.84. The molecule has 25 heavy (non-hydrogen) atoms. The second kappa shape index (κ2) is 8.09. The molecular formula is C20H31N2O3+. The zero-order chi connectivity index (χ0) is 17.8. The number of quaternary nitrogens is 1. The van der Waals surface area contributed by atoms with Crippen LogP contribution >= 0.6 is 0 Å². The molecule has 1 aromatic carbocycles. The number of rotatable bonds is 4. The van der Waals surface area contributed by atoms with Crippen molar-refractivity contribution >= 4 is 5.91 Å². The zero-order valence-electron chi connectivity index (χ0n) is 15.7. The van der Waals surface area contributed by atoms with E-state index in [0.717, 1.165) is 38.1 Å². The van der Waals surface area contributed by atoms with Crippen LogP contribution in [0.2, 0.25) is 0 Å². The lowest BCUT2D eigenvalue weighted by Crippen LogP contribution is -3.18. The molecule has 5 heteroatoms. The topological polar surface area (TPSA) is 43.2 Å². The maximum absolute atomic E-state index is 13.0. The van der Waals surface area contributed by atoms with E-state index in [1.54, 1.807) is 19.1 Å². The summed E-state index contributed by atoms with van der Waals surface area (Å²) in [5, 5.41) is 0. The number of hydrogen-bond acceptors (Lipinski definition) is 3. The van der Waals surface area contributed by atoms with Crippen LogP contribution in [0.25, 0.3) is 0 Å². The van der Waals surface area contributed by atoms with E-state index in [2.05, 4.69) is 6.92 Å². The van der Waals surface area contributed by atoms with Crippen LogP contribution in [0.4, 0.5) is 0 Å². The second-order valence-electron chi connectivity index (χ2n) is 7.46. The number of ether oxygens (including phenoxy) is 2. The van der Waals surface area contributed by atoms with Crippen LogP contribution in [-0.4, -0.2) is 57.2 Å². The van der Waals surface area contributed by atoms with Gasteiger partial charge in [0.15, 0.2) is 11.5 Å². The molecule has 1 aliphatic heterocycles. The Hall–Kier alpha value is -1.75. The molecule has 0 unspecified atom stereocenters. The van der Waals surface area contributed by atoms with Gasteiger partial charge in [0.05, 0.1) is 52.0 Å². The number of para-hydroxylation sites is 1. The van der Waals surface area contributed by atoms with Crippen LogP contribution in [0.1, 0.15) is 43.0 Å². The summed E-state index contributed by atoms with van der Waals surface area (Å²) < 4.78 is 10.8. The van der Waals surface area contributed by atoms with Gasteiger partial charge in [0.1, 0.15) is 0 Å². The normalized spacial score (nSPS) is 24.8. The number of piperazine rings is 1. The SMILES string of the molecule is COc1cccc(C(=O)N2CC[NH+]([C@H]3CCC[C@H](C)C3)CC2)c1OC. The molecule has 138 valence electrons. The van der Waals surface area contributed by atoms with Gasteiger partial charge in [-0.2, -0.15) is 0 Å². The molecule has 3 rings (SSSR count). The molecule has 1 N–H and O–H groups in total. The van der Waals surface area contributed by atoms with Crippen LogP contribution in [0, 0.1) is 5.92 Å². The predicted octanol–water partition coefficient (Wildman–Crippen LogP) is 1.62. The molecule has 1 saturated carbocycles. The van der Waals surface area contributed by atoms with Gasteiger partial charge >= 0.3 is 0 Å². The van der Waals surface area contributed by atoms with Gasteiger partial charge in [-0.1, -0.05) is 19.4 Å². The van der Waals surface area contributed by atoms with E-state index in [9.17, 15) is 4.79 Å². The summed E-state index contributed by atoms with van der Waals surface area (Å²) in [6, 6.07) is 6.28. The summed E-state index contributed by atoms with van der Waals surface area (Å²) in [4.78, 5) is 16.6. The van der Waals surface area contributed by atoms with E-state index in [4.69, 9.17) is 9.47 Å². The fourth-order valence-corrected chi connectivity index (χ4v) is 4.44. The summed E-state index contributed by atoms with van der Waals surface area (Å²) in [6.45, 7) is 6.12. The van der Waals surface area contributed by atoms with Crippen molar-refractivity contribution in [1.29, 1.82) is 0 Å². The lowest BCUT2D eigenvalue weighted by Gasteiger charge is -2.39. The van der Waals surface area contributed by atoms with Crippen molar-refractivity contribution in [2.75, 3.05) is 40.4 Å². The molecule has 0 aromatic heterocycles. The Balaban J connectivity index is 1.64. The highest BCUT2D eigenvalue weighted by atomic mass is 16.5. The van der Waals surface area contributed by atoms with Gasteiger partial charge in [0.2, 0.25) is 0 Å². The largest absolute Gasteiger partial charge is 0.493 e. The summed E-state index contributed by atoms with van der Waals surface area (Å²) in [5.41, 5.74) is 0.594. The number of methoxy groups -OCH3 is 2. The Bertz CT molecular complexity index is 597. The fraction of sp³-hybridized carbons (Fsp3) is 0.650. The average Bonchev–Trinajstić information content (AvgIpc) is 2.66. The molecule has 0 bridgehead atoms. The van der Waals surface area contributed by atoms with E-state index in [0.29, 0.717) is 17.1 Å². The lowest BCUT2D eigenvalue weighted by atomic mass is 9.86.